The zero-order valence-corrected chi connectivity index (χ0v) is 13.6. The molecule has 4 heteroatoms. The van der Waals surface area contributed by atoms with Crippen LogP contribution < -0.4 is 4.90 Å². The molecule has 0 bridgehead atoms. The number of amides is 3. The van der Waals surface area contributed by atoms with Gasteiger partial charge in [-0.15, -0.1) is 0 Å². The normalized spacial score (nSPS) is 18.0. The van der Waals surface area contributed by atoms with Gasteiger partial charge in [0.2, 0.25) is 0 Å². The molecule has 0 aromatic heterocycles. The van der Waals surface area contributed by atoms with Crippen molar-refractivity contribution in [2.45, 2.75) is 33.4 Å². The summed E-state index contributed by atoms with van der Waals surface area (Å²) in [5.41, 5.74) is 3.95. The minimum Gasteiger partial charge on any atom is -0.282 e. The number of hydrogen-bond acceptors (Lipinski definition) is 2. The summed E-state index contributed by atoms with van der Waals surface area (Å²) in [6.07, 6.45) is 0. The topological polar surface area (TPSA) is 40.6 Å². The molecule has 1 heterocycles. The Morgan fingerprint density at radius 2 is 1.61 bits per heavy atom. The van der Waals surface area contributed by atoms with Crippen LogP contribution in [-0.2, 0) is 11.3 Å². The van der Waals surface area contributed by atoms with Crippen LogP contribution in [0.5, 0.6) is 0 Å². The SMILES string of the molecule is Cc1ccc(N2C(=O)N(Cc3ccccc3C)C(=O)C2C)cc1. The number of urea groups is 1. The molecule has 1 aliphatic heterocycles. The first-order valence-corrected chi connectivity index (χ1v) is 7.75. The Morgan fingerprint density at radius 1 is 0.957 bits per heavy atom. The van der Waals surface area contributed by atoms with Crippen LogP contribution in [0.2, 0.25) is 0 Å². The minimum atomic E-state index is -0.478. The lowest BCUT2D eigenvalue weighted by Gasteiger charge is -2.20. The van der Waals surface area contributed by atoms with Gasteiger partial charge in [-0.25, -0.2) is 4.79 Å². The largest absolute Gasteiger partial charge is 0.332 e. The van der Waals surface area contributed by atoms with Crippen LogP contribution in [0.15, 0.2) is 48.5 Å². The Hall–Kier alpha value is -2.62. The third-order valence-electron chi connectivity index (χ3n) is 4.35. The zero-order chi connectivity index (χ0) is 16.6. The average Bonchev–Trinajstić information content (AvgIpc) is 2.74. The van der Waals surface area contributed by atoms with Crippen LogP contribution in [0.3, 0.4) is 0 Å². The molecule has 1 atom stereocenters. The quantitative estimate of drug-likeness (QED) is 0.812. The van der Waals surface area contributed by atoms with Crippen molar-refractivity contribution in [3.05, 3.63) is 65.2 Å². The number of anilines is 1. The van der Waals surface area contributed by atoms with Crippen LogP contribution in [-0.4, -0.2) is 22.9 Å². The van der Waals surface area contributed by atoms with E-state index in [0.717, 1.165) is 22.4 Å². The molecule has 0 saturated carbocycles. The van der Waals surface area contributed by atoms with Crippen molar-refractivity contribution in [3.8, 4) is 0 Å². The smallest absolute Gasteiger partial charge is 0.282 e. The number of rotatable bonds is 3. The molecule has 4 nitrogen and oxygen atoms in total. The fourth-order valence-corrected chi connectivity index (χ4v) is 2.87. The highest BCUT2D eigenvalue weighted by atomic mass is 16.2. The molecule has 1 fully saturated rings. The molecule has 2 aromatic carbocycles. The first kappa shape index (κ1) is 15.3. The highest BCUT2D eigenvalue weighted by Gasteiger charge is 2.43. The van der Waals surface area contributed by atoms with E-state index in [0.29, 0.717) is 6.54 Å². The molecule has 0 N–H and O–H groups in total. The summed E-state index contributed by atoms with van der Waals surface area (Å²) in [6.45, 7) is 6.07. The maximum atomic E-state index is 12.8. The molecule has 0 radical (unpaired) electrons. The van der Waals surface area contributed by atoms with Crippen molar-refractivity contribution in [2.24, 2.45) is 0 Å². The van der Waals surface area contributed by atoms with E-state index in [4.69, 9.17) is 0 Å². The second kappa shape index (κ2) is 5.88. The standard InChI is InChI=1S/C19H20N2O2/c1-13-8-10-17(11-9-13)21-15(3)18(22)20(19(21)23)12-16-7-5-4-6-14(16)2/h4-11,15H,12H2,1-3H3. The first-order valence-electron chi connectivity index (χ1n) is 7.75. The van der Waals surface area contributed by atoms with Gasteiger partial charge in [0.05, 0.1) is 6.54 Å². The highest BCUT2D eigenvalue weighted by molar-refractivity contribution is 6.13. The summed E-state index contributed by atoms with van der Waals surface area (Å²) in [5.74, 6) is -0.154. The first-order chi connectivity index (χ1) is 11.0. The number of benzene rings is 2. The van der Waals surface area contributed by atoms with Crippen molar-refractivity contribution in [2.75, 3.05) is 4.90 Å². The second-order valence-corrected chi connectivity index (χ2v) is 6.01. The van der Waals surface area contributed by atoms with E-state index in [1.54, 1.807) is 11.8 Å². The Balaban J connectivity index is 1.89. The Bertz CT molecular complexity index is 752. The molecule has 1 saturated heterocycles. The average molecular weight is 308 g/mol. The lowest BCUT2D eigenvalue weighted by Crippen LogP contribution is -2.33. The summed E-state index contributed by atoms with van der Waals surface area (Å²) in [7, 11) is 0. The van der Waals surface area contributed by atoms with E-state index in [2.05, 4.69) is 0 Å². The summed E-state index contributed by atoms with van der Waals surface area (Å²) < 4.78 is 0. The zero-order valence-electron chi connectivity index (χ0n) is 13.6. The lowest BCUT2D eigenvalue weighted by atomic mass is 10.1. The van der Waals surface area contributed by atoms with Gasteiger partial charge in [-0.3, -0.25) is 14.6 Å². The van der Waals surface area contributed by atoms with E-state index in [1.165, 1.54) is 4.90 Å². The second-order valence-electron chi connectivity index (χ2n) is 6.01. The molecular weight excluding hydrogens is 288 g/mol. The Morgan fingerprint density at radius 3 is 2.26 bits per heavy atom. The number of nitrogens with zero attached hydrogens (tertiary/aromatic N) is 2. The molecule has 2 aromatic rings. The van der Waals surface area contributed by atoms with Crippen LogP contribution in [0, 0.1) is 13.8 Å². The van der Waals surface area contributed by atoms with Crippen molar-refractivity contribution < 1.29 is 9.59 Å². The molecular formula is C19H20N2O2. The summed E-state index contributed by atoms with van der Waals surface area (Å²) in [4.78, 5) is 28.2. The molecule has 1 aliphatic rings. The van der Waals surface area contributed by atoms with Gasteiger partial charge in [-0.2, -0.15) is 0 Å². The van der Waals surface area contributed by atoms with Gasteiger partial charge in [0.25, 0.3) is 5.91 Å². The molecule has 1 unspecified atom stereocenters. The predicted octanol–water partition coefficient (Wildman–Crippen LogP) is 3.66. The number of imide groups is 1. The van der Waals surface area contributed by atoms with E-state index in [-0.39, 0.29) is 11.9 Å². The maximum absolute atomic E-state index is 12.8. The van der Waals surface area contributed by atoms with Gasteiger partial charge in [0, 0.05) is 5.69 Å². The fraction of sp³-hybridized carbons (Fsp3) is 0.263. The Labute approximate surface area is 136 Å². The van der Waals surface area contributed by atoms with Gasteiger partial charge in [0.1, 0.15) is 6.04 Å². The van der Waals surface area contributed by atoms with Gasteiger partial charge < -0.3 is 0 Å². The Kier molecular flexibility index (Phi) is 3.90. The van der Waals surface area contributed by atoms with Crippen molar-refractivity contribution >= 4 is 17.6 Å². The maximum Gasteiger partial charge on any atom is 0.332 e. The molecule has 118 valence electrons. The van der Waals surface area contributed by atoms with Crippen molar-refractivity contribution in [1.82, 2.24) is 4.90 Å². The van der Waals surface area contributed by atoms with Gasteiger partial charge >= 0.3 is 6.03 Å². The van der Waals surface area contributed by atoms with Crippen LogP contribution in [0.1, 0.15) is 23.6 Å². The third kappa shape index (κ3) is 2.72. The third-order valence-corrected chi connectivity index (χ3v) is 4.35. The number of aryl methyl sites for hydroxylation is 2. The minimum absolute atomic E-state index is 0.154. The molecule has 23 heavy (non-hydrogen) atoms. The lowest BCUT2D eigenvalue weighted by molar-refractivity contribution is -0.127. The molecule has 0 spiro atoms. The number of carbonyl (C=O) groups is 2. The number of hydrogen-bond donors (Lipinski definition) is 0. The molecule has 3 amide bonds. The molecule has 0 aliphatic carbocycles. The highest BCUT2D eigenvalue weighted by Crippen LogP contribution is 2.27. The number of carbonyl (C=O) groups excluding carboxylic acids is 2. The summed E-state index contributed by atoms with van der Waals surface area (Å²) >= 11 is 0. The van der Waals surface area contributed by atoms with Crippen molar-refractivity contribution in [1.29, 1.82) is 0 Å². The van der Waals surface area contributed by atoms with E-state index in [1.807, 2.05) is 62.4 Å². The monoisotopic (exact) mass is 308 g/mol. The molecule has 3 rings (SSSR count). The van der Waals surface area contributed by atoms with Gasteiger partial charge in [-0.1, -0.05) is 42.0 Å². The summed E-state index contributed by atoms with van der Waals surface area (Å²) in [5, 5.41) is 0. The fourth-order valence-electron chi connectivity index (χ4n) is 2.87. The predicted molar refractivity (Wildman–Crippen MR) is 90.2 cm³/mol. The van der Waals surface area contributed by atoms with Crippen LogP contribution in [0.4, 0.5) is 10.5 Å². The van der Waals surface area contributed by atoms with Gasteiger partial charge in [-0.05, 0) is 44.0 Å². The van der Waals surface area contributed by atoms with Crippen molar-refractivity contribution in [3.63, 3.8) is 0 Å². The van der Waals surface area contributed by atoms with Gasteiger partial charge in [0.15, 0.2) is 0 Å². The van der Waals surface area contributed by atoms with E-state index in [9.17, 15) is 9.59 Å². The van der Waals surface area contributed by atoms with Crippen LogP contribution >= 0.6 is 0 Å². The summed E-state index contributed by atoms with van der Waals surface area (Å²) in [6, 6.07) is 14.7. The van der Waals surface area contributed by atoms with E-state index < -0.39 is 6.04 Å². The van der Waals surface area contributed by atoms with Crippen LogP contribution in [0.25, 0.3) is 0 Å². The van der Waals surface area contributed by atoms with E-state index >= 15 is 0 Å².